The number of carbonyl (C=O) groups is 2. The van der Waals surface area contributed by atoms with E-state index in [2.05, 4.69) is 15.5 Å². The lowest BCUT2D eigenvalue weighted by molar-refractivity contribution is -0.138. The summed E-state index contributed by atoms with van der Waals surface area (Å²) in [5, 5.41) is 5.29. The first-order chi connectivity index (χ1) is 13.9. The van der Waals surface area contributed by atoms with Gasteiger partial charge in [0.15, 0.2) is 0 Å². The number of hydrogen-bond donors (Lipinski definition) is 2. The predicted octanol–water partition coefficient (Wildman–Crippen LogP) is -0.145. The average Bonchev–Trinajstić information content (AvgIpc) is 2.99. The number of nitrogens with one attached hydrogen (secondary N) is 2. The molecule has 0 saturated carbocycles. The number of carbonyl (C=O) groups excluding carboxylic acids is 2. The lowest BCUT2D eigenvalue weighted by Gasteiger charge is -2.37. The first kappa shape index (κ1) is 22.0. The molecule has 0 spiro atoms. The van der Waals surface area contributed by atoms with Crippen LogP contribution in [-0.4, -0.2) is 92.9 Å². The molecule has 0 aromatic rings. The molecule has 2 N–H and O–H groups in total. The molecular weight excluding hydrogens is 398 g/mol. The van der Waals surface area contributed by atoms with Gasteiger partial charge in [-0.05, 0) is 19.8 Å². The zero-order valence-electron chi connectivity index (χ0n) is 17.0. The van der Waals surface area contributed by atoms with Crippen LogP contribution in [0.3, 0.4) is 0 Å². The summed E-state index contributed by atoms with van der Waals surface area (Å²) < 4.78 is 34.1. The van der Waals surface area contributed by atoms with Gasteiger partial charge in [-0.25, -0.2) is 9.59 Å². The quantitative estimate of drug-likeness (QED) is 0.569. The Morgan fingerprint density at radius 2 is 1.62 bits per heavy atom. The lowest BCUT2D eigenvalue weighted by Crippen LogP contribution is -2.54. The molecule has 3 aliphatic rings. The molecule has 0 atom stereocenters. The van der Waals surface area contributed by atoms with Crippen molar-refractivity contribution in [2.24, 2.45) is 0 Å². The molecule has 0 radical (unpaired) electrons. The molecule has 11 heteroatoms. The molecule has 0 unspecified atom stereocenters. The van der Waals surface area contributed by atoms with E-state index in [1.54, 1.807) is 15.5 Å². The van der Waals surface area contributed by atoms with Gasteiger partial charge in [0.2, 0.25) is 0 Å². The summed E-state index contributed by atoms with van der Waals surface area (Å²) in [5.74, 6) is -0.447. The summed E-state index contributed by atoms with van der Waals surface area (Å²) in [5.41, 5.74) is 0.932. The molecule has 3 aliphatic heterocycles. The Morgan fingerprint density at radius 3 is 2.24 bits per heavy atom. The molecule has 0 aromatic heterocycles. The van der Waals surface area contributed by atoms with Crippen molar-refractivity contribution in [3.8, 4) is 0 Å². The minimum atomic E-state index is -3.43. The van der Waals surface area contributed by atoms with Gasteiger partial charge in [-0.3, -0.25) is 4.90 Å². The number of ether oxygens (including phenoxy) is 1. The molecule has 3 rings (SSSR count). The van der Waals surface area contributed by atoms with E-state index in [-0.39, 0.29) is 19.2 Å². The minimum Gasteiger partial charge on any atom is -0.463 e. The van der Waals surface area contributed by atoms with Gasteiger partial charge < -0.3 is 15.4 Å². The van der Waals surface area contributed by atoms with Crippen LogP contribution >= 0.6 is 0 Å². The molecular formula is C18H31N5O5S. The number of esters is 1. The van der Waals surface area contributed by atoms with E-state index in [0.717, 1.165) is 25.7 Å². The van der Waals surface area contributed by atoms with Gasteiger partial charge in [0.05, 0.1) is 18.7 Å². The topological polar surface area (TPSA) is 111 Å². The molecule has 0 aliphatic carbocycles. The second-order valence-electron chi connectivity index (χ2n) is 7.48. The van der Waals surface area contributed by atoms with E-state index < -0.39 is 16.2 Å². The summed E-state index contributed by atoms with van der Waals surface area (Å²) in [6.45, 7) is 5.55. The Kier molecular flexibility index (Phi) is 7.49. The molecule has 0 bridgehead atoms. The highest BCUT2D eigenvalue weighted by Crippen LogP contribution is 2.19. The predicted molar refractivity (Wildman–Crippen MR) is 107 cm³/mol. The summed E-state index contributed by atoms with van der Waals surface area (Å²) in [4.78, 5) is 25.9. The van der Waals surface area contributed by atoms with Crippen molar-refractivity contribution >= 4 is 22.2 Å². The lowest BCUT2D eigenvalue weighted by atomic mass is 10.1. The van der Waals surface area contributed by atoms with Crippen LogP contribution in [0.25, 0.3) is 0 Å². The van der Waals surface area contributed by atoms with Gasteiger partial charge in [0.25, 0.3) is 10.2 Å². The molecule has 164 valence electrons. The summed E-state index contributed by atoms with van der Waals surface area (Å²) in [6, 6.07) is -0.351. The highest BCUT2D eigenvalue weighted by molar-refractivity contribution is 7.86. The molecule has 2 saturated heterocycles. The van der Waals surface area contributed by atoms with Gasteiger partial charge in [-0.1, -0.05) is 12.8 Å². The van der Waals surface area contributed by atoms with Gasteiger partial charge >= 0.3 is 12.0 Å². The van der Waals surface area contributed by atoms with Crippen LogP contribution in [0, 0.1) is 0 Å². The van der Waals surface area contributed by atoms with E-state index in [1.165, 1.54) is 0 Å². The Hall–Kier alpha value is -1.69. The monoisotopic (exact) mass is 429 g/mol. The number of amides is 2. The Bertz CT molecular complexity index is 738. The molecule has 2 amide bonds. The summed E-state index contributed by atoms with van der Waals surface area (Å²) >= 11 is 0. The molecule has 29 heavy (non-hydrogen) atoms. The van der Waals surface area contributed by atoms with Crippen molar-refractivity contribution in [3.63, 3.8) is 0 Å². The fraction of sp³-hybridized carbons (Fsp3) is 0.778. The fourth-order valence-electron chi connectivity index (χ4n) is 3.86. The third-order valence-corrected chi connectivity index (χ3v) is 7.54. The van der Waals surface area contributed by atoms with Crippen LogP contribution in [0.5, 0.6) is 0 Å². The fourth-order valence-corrected chi connectivity index (χ4v) is 5.53. The van der Waals surface area contributed by atoms with Crippen LogP contribution in [0.2, 0.25) is 0 Å². The normalized spacial score (nSPS) is 23.3. The van der Waals surface area contributed by atoms with Gasteiger partial charge in [0.1, 0.15) is 0 Å². The Morgan fingerprint density at radius 1 is 1.00 bits per heavy atom. The van der Waals surface area contributed by atoms with Crippen molar-refractivity contribution in [1.29, 1.82) is 0 Å². The third-order valence-electron chi connectivity index (χ3n) is 5.51. The SMILES string of the molecule is CCOC(=O)C1=C(CN2CCN(S(=O)(=O)N3CCCCCC3)CC2)NC(=O)NC1. The maximum absolute atomic E-state index is 12.9. The first-order valence-corrected chi connectivity index (χ1v) is 11.7. The third kappa shape index (κ3) is 5.47. The first-order valence-electron chi connectivity index (χ1n) is 10.3. The van der Waals surface area contributed by atoms with Crippen molar-refractivity contribution in [3.05, 3.63) is 11.3 Å². The average molecular weight is 430 g/mol. The van der Waals surface area contributed by atoms with Crippen LogP contribution in [-0.2, 0) is 19.7 Å². The Balaban J connectivity index is 1.61. The Labute approximate surface area is 172 Å². The highest BCUT2D eigenvalue weighted by Gasteiger charge is 2.33. The van der Waals surface area contributed by atoms with Gasteiger partial charge in [-0.2, -0.15) is 17.0 Å². The van der Waals surface area contributed by atoms with Crippen LogP contribution in [0.4, 0.5) is 4.79 Å². The van der Waals surface area contributed by atoms with Crippen molar-refractivity contribution < 1.29 is 22.7 Å². The smallest absolute Gasteiger partial charge is 0.337 e. The van der Waals surface area contributed by atoms with E-state index in [1.807, 2.05) is 0 Å². The van der Waals surface area contributed by atoms with E-state index in [9.17, 15) is 18.0 Å². The molecule has 0 aromatic carbocycles. The van der Waals surface area contributed by atoms with Crippen molar-refractivity contribution in [2.75, 3.05) is 59.0 Å². The maximum Gasteiger partial charge on any atom is 0.337 e. The summed E-state index contributed by atoms with van der Waals surface area (Å²) in [7, 11) is -3.43. The van der Waals surface area contributed by atoms with Crippen molar-refractivity contribution in [2.45, 2.75) is 32.6 Å². The largest absolute Gasteiger partial charge is 0.463 e. The van der Waals surface area contributed by atoms with E-state index >= 15 is 0 Å². The minimum absolute atomic E-state index is 0.128. The van der Waals surface area contributed by atoms with Crippen LogP contribution in [0.15, 0.2) is 11.3 Å². The number of nitrogens with zero attached hydrogens (tertiary/aromatic N) is 3. The maximum atomic E-state index is 12.9. The molecule has 10 nitrogen and oxygen atoms in total. The van der Waals surface area contributed by atoms with Crippen molar-refractivity contribution in [1.82, 2.24) is 24.1 Å². The second-order valence-corrected chi connectivity index (χ2v) is 9.41. The molecule has 3 heterocycles. The van der Waals surface area contributed by atoms with E-state index in [4.69, 9.17) is 4.74 Å². The van der Waals surface area contributed by atoms with Gasteiger partial charge in [0, 0.05) is 51.5 Å². The zero-order chi connectivity index (χ0) is 20.9. The zero-order valence-corrected chi connectivity index (χ0v) is 17.8. The standard InChI is InChI=1S/C18H31N5O5S/c1-2-28-17(24)15-13-19-18(25)20-16(15)14-21-9-11-23(12-10-21)29(26,27)22-7-5-3-4-6-8-22/h2-14H2,1H3,(H2,19,20,25). The number of rotatable bonds is 6. The number of piperazine rings is 1. The van der Waals surface area contributed by atoms with E-state index in [0.29, 0.717) is 57.1 Å². The van der Waals surface area contributed by atoms with Crippen LogP contribution in [0.1, 0.15) is 32.6 Å². The highest BCUT2D eigenvalue weighted by atomic mass is 32.2. The molecule has 2 fully saturated rings. The number of hydrogen-bond acceptors (Lipinski definition) is 6. The van der Waals surface area contributed by atoms with Crippen LogP contribution < -0.4 is 10.6 Å². The van der Waals surface area contributed by atoms with Gasteiger partial charge in [-0.15, -0.1) is 0 Å². The second kappa shape index (κ2) is 9.88. The summed E-state index contributed by atoms with van der Waals surface area (Å²) in [6.07, 6.45) is 3.99. The number of urea groups is 1.